The van der Waals surface area contributed by atoms with Crippen LogP contribution in [0.2, 0.25) is 0 Å². The molecule has 0 amide bonds. The van der Waals surface area contributed by atoms with Crippen molar-refractivity contribution < 1.29 is 27.4 Å². The van der Waals surface area contributed by atoms with Crippen LogP contribution in [0.5, 0.6) is 5.75 Å². The Labute approximate surface area is 101 Å². The summed E-state index contributed by atoms with van der Waals surface area (Å²) in [5, 5.41) is 0. The Morgan fingerprint density at radius 2 is 2.11 bits per heavy atom. The number of alkyl halides is 3. The molecule has 0 spiro atoms. The molecule has 0 atom stereocenters. The minimum absolute atomic E-state index is 0.100. The molecule has 0 aromatic carbocycles. The molecular weight excluding hydrogens is 253 g/mol. The lowest BCUT2D eigenvalue weighted by molar-refractivity contribution is -0.275. The van der Waals surface area contributed by atoms with Crippen molar-refractivity contribution in [3.63, 3.8) is 0 Å². The fourth-order valence-corrected chi connectivity index (χ4v) is 1.33. The van der Waals surface area contributed by atoms with Gasteiger partial charge in [0.15, 0.2) is 5.75 Å². The van der Waals surface area contributed by atoms with Crippen molar-refractivity contribution in [1.82, 2.24) is 4.98 Å². The number of nitrogens with two attached hydrogens (primary N) is 1. The minimum Gasteiger partial charge on any atom is -0.464 e. The second-order valence-corrected chi connectivity index (χ2v) is 3.34. The number of hydrogen-bond acceptors (Lipinski definition) is 5. The Balaban J connectivity index is 3.24. The highest BCUT2D eigenvalue weighted by Crippen LogP contribution is 2.29. The highest BCUT2D eigenvalue weighted by Gasteiger charge is 2.33. The predicted molar refractivity (Wildman–Crippen MR) is 54.9 cm³/mol. The third-order valence-electron chi connectivity index (χ3n) is 2.03. The zero-order chi connectivity index (χ0) is 13.9. The first kappa shape index (κ1) is 14.2. The number of aromatic nitrogens is 1. The Morgan fingerprint density at radius 3 is 2.56 bits per heavy atom. The quantitative estimate of drug-likeness (QED) is 0.838. The van der Waals surface area contributed by atoms with Gasteiger partial charge in [0.25, 0.3) is 0 Å². The van der Waals surface area contributed by atoms with E-state index in [1.165, 1.54) is 6.92 Å². The van der Waals surface area contributed by atoms with Crippen LogP contribution in [0.3, 0.4) is 0 Å². The molecule has 1 aromatic heterocycles. The van der Waals surface area contributed by atoms with Crippen molar-refractivity contribution in [3.8, 4) is 5.75 Å². The third-order valence-corrected chi connectivity index (χ3v) is 2.03. The van der Waals surface area contributed by atoms with Gasteiger partial charge in [0, 0.05) is 6.54 Å². The van der Waals surface area contributed by atoms with E-state index in [1.807, 2.05) is 0 Å². The van der Waals surface area contributed by atoms with Gasteiger partial charge in [-0.3, -0.25) is 0 Å². The van der Waals surface area contributed by atoms with Gasteiger partial charge in [-0.2, -0.15) is 0 Å². The number of carbonyl (C=O) groups is 1. The number of nitrogens with zero attached hydrogens (tertiary/aromatic N) is 1. The van der Waals surface area contributed by atoms with E-state index in [0.717, 1.165) is 13.2 Å². The monoisotopic (exact) mass is 264 g/mol. The molecule has 0 saturated heterocycles. The maximum atomic E-state index is 12.2. The van der Waals surface area contributed by atoms with Gasteiger partial charge in [-0.15, -0.1) is 13.2 Å². The molecule has 0 fully saturated rings. The molecule has 0 unspecified atom stereocenters. The van der Waals surface area contributed by atoms with Crippen LogP contribution in [-0.4, -0.2) is 24.4 Å². The number of hydrogen-bond donors (Lipinski definition) is 1. The molecule has 100 valence electrons. The highest BCUT2D eigenvalue weighted by atomic mass is 19.4. The lowest BCUT2D eigenvalue weighted by Crippen LogP contribution is -2.21. The van der Waals surface area contributed by atoms with Gasteiger partial charge >= 0.3 is 12.3 Å². The standard InChI is InChI=1S/C10H11F3N2O3/c1-5-3-6(9(16)17-2)15-7(4-14)8(5)18-10(11,12)13/h3H,4,14H2,1-2H3. The molecule has 8 heteroatoms. The first-order valence-corrected chi connectivity index (χ1v) is 4.83. The summed E-state index contributed by atoms with van der Waals surface area (Å²) in [6.45, 7) is 1.06. The predicted octanol–water partition coefficient (Wildman–Crippen LogP) is 1.53. The normalized spacial score (nSPS) is 11.2. The molecule has 1 heterocycles. The molecule has 0 aliphatic rings. The summed E-state index contributed by atoms with van der Waals surface area (Å²) >= 11 is 0. The van der Waals surface area contributed by atoms with Crippen LogP contribution in [0.1, 0.15) is 21.7 Å². The number of halogens is 3. The Morgan fingerprint density at radius 1 is 1.50 bits per heavy atom. The fraction of sp³-hybridized carbons (Fsp3) is 0.400. The average Bonchev–Trinajstić information content (AvgIpc) is 2.28. The lowest BCUT2D eigenvalue weighted by Gasteiger charge is -2.15. The molecule has 0 bridgehead atoms. The van der Waals surface area contributed by atoms with E-state index in [0.29, 0.717) is 0 Å². The van der Waals surface area contributed by atoms with Crippen molar-refractivity contribution in [3.05, 3.63) is 23.0 Å². The van der Waals surface area contributed by atoms with Crippen molar-refractivity contribution in [2.24, 2.45) is 5.73 Å². The molecule has 5 nitrogen and oxygen atoms in total. The van der Waals surface area contributed by atoms with Crippen LogP contribution in [0.15, 0.2) is 6.07 Å². The number of rotatable bonds is 3. The van der Waals surface area contributed by atoms with Crippen LogP contribution in [0.4, 0.5) is 13.2 Å². The van der Waals surface area contributed by atoms with E-state index in [2.05, 4.69) is 14.5 Å². The molecule has 0 aliphatic heterocycles. The number of methoxy groups -OCH3 is 1. The third kappa shape index (κ3) is 3.33. The summed E-state index contributed by atoms with van der Waals surface area (Å²) in [4.78, 5) is 14.9. The summed E-state index contributed by atoms with van der Waals surface area (Å²) in [5.41, 5.74) is 5.11. The smallest absolute Gasteiger partial charge is 0.464 e. The van der Waals surface area contributed by atoms with Gasteiger partial charge in [-0.1, -0.05) is 0 Å². The molecular formula is C10H11F3N2O3. The number of pyridine rings is 1. The van der Waals surface area contributed by atoms with Crippen molar-refractivity contribution in [2.75, 3.05) is 7.11 Å². The van der Waals surface area contributed by atoms with Gasteiger partial charge < -0.3 is 15.2 Å². The van der Waals surface area contributed by atoms with E-state index in [4.69, 9.17) is 5.73 Å². The van der Waals surface area contributed by atoms with Crippen LogP contribution in [0, 0.1) is 6.92 Å². The maximum Gasteiger partial charge on any atom is 0.573 e. The van der Waals surface area contributed by atoms with E-state index in [1.54, 1.807) is 0 Å². The molecule has 0 saturated carbocycles. The largest absolute Gasteiger partial charge is 0.573 e. The fourth-order valence-electron chi connectivity index (χ4n) is 1.33. The number of carbonyl (C=O) groups excluding carboxylic acids is 1. The number of ether oxygens (including phenoxy) is 2. The summed E-state index contributed by atoms with van der Waals surface area (Å²) < 4.78 is 44.8. The van der Waals surface area contributed by atoms with Crippen LogP contribution >= 0.6 is 0 Å². The summed E-state index contributed by atoms with van der Waals surface area (Å²) in [6, 6.07) is 1.14. The molecule has 18 heavy (non-hydrogen) atoms. The molecule has 0 aliphatic carbocycles. The van der Waals surface area contributed by atoms with Gasteiger partial charge in [-0.05, 0) is 18.6 Å². The van der Waals surface area contributed by atoms with Crippen LogP contribution in [-0.2, 0) is 11.3 Å². The molecule has 0 radical (unpaired) electrons. The van der Waals surface area contributed by atoms with E-state index in [9.17, 15) is 18.0 Å². The topological polar surface area (TPSA) is 74.4 Å². The Kier molecular flexibility index (Phi) is 4.12. The van der Waals surface area contributed by atoms with E-state index in [-0.39, 0.29) is 23.5 Å². The minimum atomic E-state index is -4.84. The molecule has 2 N–H and O–H groups in total. The summed E-state index contributed by atoms with van der Waals surface area (Å²) in [7, 11) is 1.14. The zero-order valence-corrected chi connectivity index (χ0v) is 9.67. The first-order valence-electron chi connectivity index (χ1n) is 4.83. The average molecular weight is 264 g/mol. The lowest BCUT2D eigenvalue weighted by atomic mass is 10.2. The van der Waals surface area contributed by atoms with Crippen LogP contribution < -0.4 is 10.5 Å². The maximum absolute atomic E-state index is 12.2. The molecule has 1 rings (SSSR count). The summed E-state index contributed by atoms with van der Waals surface area (Å²) in [5.74, 6) is -1.25. The number of aryl methyl sites for hydroxylation is 1. The van der Waals surface area contributed by atoms with Gasteiger partial charge in [0.1, 0.15) is 5.69 Å². The van der Waals surface area contributed by atoms with Crippen molar-refractivity contribution in [2.45, 2.75) is 19.8 Å². The molecule has 1 aromatic rings. The first-order chi connectivity index (χ1) is 8.28. The Hall–Kier alpha value is -1.83. The second kappa shape index (κ2) is 5.21. The van der Waals surface area contributed by atoms with Crippen molar-refractivity contribution >= 4 is 5.97 Å². The van der Waals surface area contributed by atoms with Gasteiger partial charge in [0.2, 0.25) is 0 Å². The Bertz CT molecular complexity index is 460. The van der Waals surface area contributed by atoms with Crippen molar-refractivity contribution in [1.29, 1.82) is 0 Å². The van der Waals surface area contributed by atoms with Crippen LogP contribution in [0.25, 0.3) is 0 Å². The summed E-state index contributed by atoms with van der Waals surface area (Å²) in [6.07, 6.45) is -4.84. The highest BCUT2D eigenvalue weighted by molar-refractivity contribution is 5.87. The number of esters is 1. The SMILES string of the molecule is COC(=O)c1cc(C)c(OC(F)(F)F)c(CN)n1. The van der Waals surface area contributed by atoms with Gasteiger partial charge in [0.05, 0.1) is 12.8 Å². The van der Waals surface area contributed by atoms with E-state index < -0.39 is 18.1 Å². The second-order valence-electron chi connectivity index (χ2n) is 3.34. The van der Waals surface area contributed by atoms with Gasteiger partial charge in [-0.25, -0.2) is 9.78 Å². The van der Waals surface area contributed by atoms with E-state index >= 15 is 0 Å². The zero-order valence-electron chi connectivity index (χ0n) is 9.67.